The molecular formula is C59H112O6. The Morgan fingerprint density at radius 3 is 0.769 bits per heavy atom. The van der Waals surface area contributed by atoms with E-state index in [1.165, 1.54) is 225 Å². The molecular weight excluding hydrogens is 805 g/mol. The van der Waals surface area contributed by atoms with E-state index < -0.39 is 6.10 Å². The highest BCUT2D eigenvalue weighted by molar-refractivity contribution is 5.71. The third-order valence-electron chi connectivity index (χ3n) is 13.3. The van der Waals surface area contributed by atoms with Gasteiger partial charge in [-0.2, -0.15) is 0 Å². The summed E-state index contributed by atoms with van der Waals surface area (Å²) in [6.07, 6.45) is 62.1. The van der Waals surface area contributed by atoms with Crippen LogP contribution in [0.1, 0.15) is 329 Å². The topological polar surface area (TPSA) is 78.9 Å². The molecule has 6 heteroatoms. The Morgan fingerprint density at radius 2 is 0.508 bits per heavy atom. The molecule has 0 fully saturated rings. The molecule has 384 valence electrons. The Bertz CT molecular complexity index is 1010. The van der Waals surface area contributed by atoms with E-state index in [-0.39, 0.29) is 31.1 Å². The van der Waals surface area contributed by atoms with Crippen molar-refractivity contribution < 1.29 is 28.6 Å². The summed E-state index contributed by atoms with van der Waals surface area (Å²) in [6.45, 7) is 6.68. The predicted octanol–water partition coefficient (Wildman–Crippen LogP) is 19.3. The lowest BCUT2D eigenvalue weighted by molar-refractivity contribution is -0.167. The number of hydrogen-bond acceptors (Lipinski definition) is 6. The molecule has 0 aliphatic carbocycles. The Morgan fingerprint density at radius 1 is 0.292 bits per heavy atom. The van der Waals surface area contributed by atoms with Gasteiger partial charge in [-0.25, -0.2) is 0 Å². The average Bonchev–Trinajstić information content (AvgIpc) is 3.30. The van der Waals surface area contributed by atoms with Crippen molar-refractivity contribution in [2.45, 2.75) is 335 Å². The molecule has 0 amide bonds. The quantitative estimate of drug-likeness (QED) is 0.0262. The molecule has 6 nitrogen and oxygen atoms in total. The molecule has 0 saturated carbocycles. The summed E-state index contributed by atoms with van der Waals surface area (Å²) >= 11 is 0. The van der Waals surface area contributed by atoms with Crippen LogP contribution in [0, 0.1) is 0 Å². The number of allylic oxidation sites excluding steroid dienone is 2. The predicted molar refractivity (Wildman–Crippen MR) is 280 cm³/mol. The van der Waals surface area contributed by atoms with Crippen molar-refractivity contribution in [3.8, 4) is 0 Å². The normalized spacial score (nSPS) is 12.0. The van der Waals surface area contributed by atoms with Gasteiger partial charge in [0.25, 0.3) is 0 Å². The molecule has 0 aromatic heterocycles. The van der Waals surface area contributed by atoms with E-state index in [2.05, 4.69) is 32.9 Å². The largest absolute Gasteiger partial charge is 0.462 e. The van der Waals surface area contributed by atoms with Crippen molar-refractivity contribution in [3.05, 3.63) is 12.2 Å². The van der Waals surface area contributed by atoms with E-state index in [9.17, 15) is 14.4 Å². The number of carbonyl (C=O) groups is 3. The van der Waals surface area contributed by atoms with Gasteiger partial charge in [0.2, 0.25) is 0 Å². The molecule has 0 saturated heterocycles. The van der Waals surface area contributed by atoms with Gasteiger partial charge in [-0.1, -0.05) is 277 Å². The number of unbranched alkanes of at least 4 members (excludes halogenated alkanes) is 41. The summed E-state index contributed by atoms with van der Waals surface area (Å²) < 4.78 is 16.9. The van der Waals surface area contributed by atoms with Crippen molar-refractivity contribution in [3.63, 3.8) is 0 Å². The third kappa shape index (κ3) is 53.0. The molecule has 1 unspecified atom stereocenters. The zero-order valence-corrected chi connectivity index (χ0v) is 44.0. The van der Waals surface area contributed by atoms with Crippen LogP contribution >= 0.6 is 0 Å². The van der Waals surface area contributed by atoms with Crippen molar-refractivity contribution >= 4 is 17.9 Å². The molecule has 65 heavy (non-hydrogen) atoms. The summed E-state index contributed by atoms with van der Waals surface area (Å²) in [5.74, 6) is -0.853. The first-order chi connectivity index (χ1) is 32.0. The Hall–Kier alpha value is -1.85. The van der Waals surface area contributed by atoms with Gasteiger partial charge in [-0.3, -0.25) is 14.4 Å². The second kappa shape index (κ2) is 54.8. The van der Waals surface area contributed by atoms with Gasteiger partial charge < -0.3 is 14.2 Å². The van der Waals surface area contributed by atoms with Gasteiger partial charge in [0.1, 0.15) is 13.2 Å². The van der Waals surface area contributed by atoms with Crippen LogP contribution in [0.4, 0.5) is 0 Å². The third-order valence-corrected chi connectivity index (χ3v) is 13.3. The first kappa shape index (κ1) is 63.1. The van der Waals surface area contributed by atoms with Crippen LogP contribution in [-0.2, 0) is 28.6 Å². The fourth-order valence-corrected chi connectivity index (χ4v) is 8.85. The summed E-state index contributed by atoms with van der Waals surface area (Å²) in [7, 11) is 0. The summed E-state index contributed by atoms with van der Waals surface area (Å²) in [4.78, 5) is 38.1. The lowest BCUT2D eigenvalue weighted by Crippen LogP contribution is -2.30. The molecule has 0 heterocycles. The van der Waals surface area contributed by atoms with E-state index in [0.29, 0.717) is 19.3 Å². The zero-order chi connectivity index (χ0) is 47.2. The van der Waals surface area contributed by atoms with Gasteiger partial charge >= 0.3 is 17.9 Å². The van der Waals surface area contributed by atoms with Crippen LogP contribution < -0.4 is 0 Å². The molecule has 1 atom stereocenters. The number of esters is 3. The van der Waals surface area contributed by atoms with Crippen LogP contribution in [0.3, 0.4) is 0 Å². The lowest BCUT2D eigenvalue weighted by Gasteiger charge is -2.18. The maximum absolute atomic E-state index is 12.8. The standard InChI is InChI=1S/C59H112O6/c1-4-7-10-13-16-19-22-24-26-28-29-30-31-33-34-37-40-43-46-49-52-58(61)64-55-56(54-63-57(60)51-48-45-42-39-36-21-18-15-12-9-6-3)65-59(62)53-50-47-44-41-38-35-32-27-25-23-20-17-14-11-8-5-2/h27,32,56H,4-26,28-31,33-55H2,1-3H3/b32-27-. The van der Waals surface area contributed by atoms with Crippen molar-refractivity contribution in [2.75, 3.05) is 13.2 Å². The Kier molecular flexibility index (Phi) is 53.2. The maximum Gasteiger partial charge on any atom is 0.306 e. The van der Waals surface area contributed by atoms with Crippen molar-refractivity contribution in [1.29, 1.82) is 0 Å². The molecule has 0 bridgehead atoms. The summed E-state index contributed by atoms with van der Waals surface area (Å²) in [6, 6.07) is 0. The van der Waals surface area contributed by atoms with Gasteiger partial charge in [-0.05, 0) is 44.9 Å². The van der Waals surface area contributed by atoms with Crippen LogP contribution in [0.2, 0.25) is 0 Å². The Labute approximate surface area is 405 Å². The van der Waals surface area contributed by atoms with Crippen LogP contribution in [0.15, 0.2) is 12.2 Å². The van der Waals surface area contributed by atoms with Crippen LogP contribution in [0.5, 0.6) is 0 Å². The zero-order valence-electron chi connectivity index (χ0n) is 44.0. The first-order valence-electron chi connectivity index (χ1n) is 29.2. The Balaban J connectivity index is 4.26. The minimum atomic E-state index is -0.768. The monoisotopic (exact) mass is 917 g/mol. The molecule has 0 N–H and O–H groups in total. The number of hydrogen-bond donors (Lipinski definition) is 0. The van der Waals surface area contributed by atoms with E-state index in [1.807, 2.05) is 0 Å². The fraction of sp³-hybridized carbons (Fsp3) is 0.915. The fourth-order valence-electron chi connectivity index (χ4n) is 8.85. The molecule has 0 spiro atoms. The first-order valence-corrected chi connectivity index (χ1v) is 29.2. The van der Waals surface area contributed by atoms with Crippen LogP contribution in [0.25, 0.3) is 0 Å². The number of rotatable bonds is 54. The molecule has 0 aromatic rings. The minimum absolute atomic E-state index is 0.0675. The van der Waals surface area contributed by atoms with E-state index >= 15 is 0 Å². The van der Waals surface area contributed by atoms with Crippen molar-refractivity contribution in [1.82, 2.24) is 0 Å². The summed E-state index contributed by atoms with van der Waals surface area (Å²) in [5, 5.41) is 0. The van der Waals surface area contributed by atoms with E-state index in [4.69, 9.17) is 14.2 Å². The van der Waals surface area contributed by atoms with Gasteiger partial charge in [0, 0.05) is 19.3 Å². The molecule has 0 radical (unpaired) electrons. The smallest absolute Gasteiger partial charge is 0.306 e. The lowest BCUT2D eigenvalue weighted by atomic mass is 10.0. The highest BCUT2D eigenvalue weighted by atomic mass is 16.6. The highest BCUT2D eigenvalue weighted by Gasteiger charge is 2.19. The average molecular weight is 918 g/mol. The second-order valence-electron chi connectivity index (χ2n) is 19.9. The second-order valence-corrected chi connectivity index (χ2v) is 19.9. The van der Waals surface area contributed by atoms with E-state index in [1.54, 1.807) is 0 Å². The minimum Gasteiger partial charge on any atom is -0.462 e. The number of ether oxygens (including phenoxy) is 3. The van der Waals surface area contributed by atoms with E-state index in [0.717, 1.165) is 64.2 Å². The van der Waals surface area contributed by atoms with Gasteiger partial charge in [-0.15, -0.1) is 0 Å². The van der Waals surface area contributed by atoms with Gasteiger partial charge in [0.05, 0.1) is 0 Å². The van der Waals surface area contributed by atoms with Crippen molar-refractivity contribution in [2.24, 2.45) is 0 Å². The molecule has 0 aromatic carbocycles. The van der Waals surface area contributed by atoms with Gasteiger partial charge in [0.15, 0.2) is 6.10 Å². The summed E-state index contributed by atoms with van der Waals surface area (Å²) in [5.41, 5.74) is 0. The highest BCUT2D eigenvalue weighted by Crippen LogP contribution is 2.17. The number of carbonyl (C=O) groups excluding carboxylic acids is 3. The van der Waals surface area contributed by atoms with Crippen LogP contribution in [-0.4, -0.2) is 37.2 Å². The molecule has 0 aliphatic rings. The molecule has 0 aliphatic heterocycles. The SMILES string of the molecule is CCCCCCCCC/C=C\CCCCCCCC(=O)OC(COC(=O)CCCCCCCCCCCCC)COC(=O)CCCCCCCCCCCCCCCCCCCCCC. The maximum atomic E-state index is 12.8. The molecule has 0 rings (SSSR count).